The van der Waals surface area contributed by atoms with Crippen LogP contribution in [-0.2, 0) is 39.9 Å². The molecule has 1 fully saturated rings. The van der Waals surface area contributed by atoms with E-state index in [0.29, 0.717) is 44.7 Å². The number of nitrogens with zero attached hydrogens (tertiary/aromatic N) is 2. The third-order valence-electron chi connectivity index (χ3n) is 5.78. The summed E-state index contributed by atoms with van der Waals surface area (Å²) in [6, 6.07) is 7.74. The molecular formula is C23H24F6N2O3S. The molecule has 0 saturated carbocycles. The van der Waals surface area contributed by atoms with Gasteiger partial charge in [-0.3, -0.25) is 9.69 Å². The van der Waals surface area contributed by atoms with Crippen molar-refractivity contribution in [1.82, 2.24) is 9.80 Å². The summed E-state index contributed by atoms with van der Waals surface area (Å²) in [6.45, 7) is 2.13. The summed E-state index contributed by atoms with van der Waals surface area (Å²) in [5.41, 5.74) is -2.51. The first-order valence-corrected chi connectivity index (χ1v) is 12.6. The van der Waals surface area contributed by atoms with E-state index in [1.807, 2.05) is 4.90 Å². The number of hydrogen-bond donors (Lipinski definition) is 0. The van der Waals surface area contributed by atoms with E-state index in [-0.39, 0.29) is 17.5 Å². The van der Waals surface area contributed by atoms with Crippen LogP contribution in [0, 0.1) is 0 Å². The fourth-order valence-corrected chi connectivity index (χ4v) is 4.55. The Bertz CT molecular complexity index is 1160. The lowest BCUT2D eigenvalue weighted by Gasteiger charge is -2.23. The first kappa shape index (κ1) is 27.0. The Morgan fingerprint density at radius 2 is 1.54 bits per heavy atom. The number of carbonyl (C=O) groups excluding carboxylic acids is 1. The van der Waals surface area contributed by atoms with E-state index in [9.17, 15) is 39.6 Å². The molecule has 12 heteroatoms. The predicted octanol–water partition coefficient (Wildman–Crippen LogP) is 4.40. The maximum atomic E-state index is 13.4. The molecule has 192 valence electrons. The van der Waals surface area contributed by atoms with Crippen LogP contribution in [0.15, 0.2) is 47.4 Å². The highest BCUT2D eigenvalue weighted by atomic mass is 32.2. The van der Waals surface area contributed by atoms with Crippen molar-refractivity contribution >= 4 is 15.7 Å². The van der Waals surface area contributed by atoms with Crippen LogP contribution in [0.25, 0.3) is 0 Å². The summed E-state index contributed by atoms with van der Waals surface area (Å²) < 4.78 is 102. The molecule has 0 N–H and O–H groups in total. The lowest BCUT2D eigenvalue weighted by Crippen LogP contribution is -2.36. The van der Waals surface area contributed by atoms with Gasteiger partial charge in [-0.05, 0) is 41.8 Å². The van der Waals surface area contributed by atoms with Crippen molar-refractivity contribution in [3.8, 4) is 0 Å². The molecule has 0 radical (unpaired) electrons. The summed E-state index contributed by atoms with van der Waals surface area (Å²) in [6.07, 6.45) is -8.93. The number of rotatable bonds is 5. The topological polar surface area (TPSA) is 57.7 Å². The lowest BCUT2D eigenvalue weighted by atomic mass is 10.00. The molecule has 2 aromatic carbocycles. The number of amides is 1. The second-order valence-corrected chi connectivity index (χ2v) is 10.5. The highest BCUT2D eigenvalue weighted by Gasteiger charge is 2.38. The van der Waals surface area contributed by atoms with Gasteiger partial charge in [-0.2, -0.15) is 26.3 Å². The van der Waals surface area contributed by atoms with Crippen molar-refractivity contribution in [2.24, 2.45) is 0 Å². The van der Waals surface area contributed by atoms with Crippen LogP contribution >= 0.6 is 0 Å². The summed E-state index contributed by atoms with van der Waals surface area (Å²) >= 11 is 0. The fourth-order valence-electron chi connectivity index (χ4n) is 3.92. The van der Waals surface area contributed by atoms with Crippen molar-refractivity contribution < 1.29 is 39.6 Å². The molecule has 1 heterocycles. The van der Waals surface area contributed by atoms with Gasteiger partial charge in [0, 0.05) is 39.0 Å². The van der Waals surface area contributed by atoms with Crippen LogP contribution in [0.2, 0.25) is 0 Å². The Labute approximate surface area is 199 Å². The smallest absolute Gasteiger partial charge is 0.341 e. The van der Waals surface area contributed by atoms with Crippen LogP contribution in [-0.4, -0.2) is 56.6 Å². The van der Waals surface area contributed by atoms with E-state index >= 15 is 0 Å². The Balaban J connectivity index is 1.66. The molecule has 0 aromatic heterocycles. The Morgan fingerprint density at radius 1 is 0.886 bits per heavy atom. The van der Waals surface area contributed by atoms with Crippen molar-refractivity contribution in [2.75, 3.05) is 32.4 Å². The molecular weight excluding hydrogens is 498 g/mol. The second-order valence-electron chi connectivity index (χ2n) is 8.47. The van der Waals surface area contributed by atoms with Gasteiger partial charge in [-0.15, -0.1) is 0 Å². The van der Waals surface area contributed by atoms with Crippen LogP contribution < -0.4 is 0 Å². The Hall–Kier alpha value is -2.60. The Kier molecular flexibility index (Phi) is 7.85. The van der Waals surface area contributed by atoms with Crippen LogP contribution in [0.1, 0.15) is 28.7 Å². The minimum atomic E-state index is -5.03. The molecule has 5 nitrogen and oxygen atoms in total. The normalized spacial score (nSPS) is 16.3. The summed E-state index contributed by atoms with van der Waals surface area (Å²) in [7, 11) is -3.31. The van der Waals surface area contributed by atoms with Gasteiger partial charge < -0.3 is 4.90 Å². The number of halogens is 6. The molecule has 0 unspecified atom stereocenters. The second kappa shape index (κ2) is 10.2. The third-order valence-corrected chi connectivity index (χ3v) is 6.91. The number of sulfone groups is 1. The fraction of sp³-hybridized carbons (Fsp3) is 0.435. The van der Waals surface area contributed by atoms with E-state index in [1.165, 1.54) is 17.0 Å². The number of benzene rings is 2. The van der Waals surface area contributed by atoms with Gasteiger partial charge in [-0.1, -0.05) is 18.2 Å². The zero-order valence-electron chi connectivity index (χ0n) is 18.8. The van der Waals surface area contributed by atoms with Crippen LogP contribution in [0.5, 0.6) is 0 Å². The molecule has 35 heavy (non-hydrogen) atoms. The largest absolute Gasteiger partial charge is 0.416 e. The minimum absolute atomic E-state index is 0.0435. The van der Waals surface area contributed by atoms with Gasteiger partial charge in [0.2, 0.25) is 5.91 Å². The molecule has 1 aliphatic heterocycles. The van der Waals surface area contributed by atoms with Crippen molar-refractivity contribution in [2.45, 2.75) is 36.6 Å². The molecule has 3 rings (SSSR count). The summed E-state index contributed by atoms with van der Waals surface area (Å²) in [4.78, 5) is 16.4. The molecule has 1 saturated heterocycles. The third kappa shape index (κ3) is 7.20. The van der Waals surface area contributed by atoms with Crippen molar-refractivity contribution in [3.05, 3.63) is 64.7 Å². The molecule has 2 aromatic rings. The predicted molar refractivity (Wildman–Crippen MR) is 116 cm³/mol. The quantitative estimate of drug-likeness (QED) is 0.547. The van der Waals surface area contributed by atoms with Gasteiger partial charge in [0.1, 0.15) is 0 Å². The van der Waals surface area contributed by atoms with Gasteiger partial charge in [0.25, 0.3) is 0 Å². The highest BCUT2D eigenvalue weighted by molar-refractivity contribution is 7.90. The monoisotopic (exact) mass is 522 g/mol. The van der Waals surface area contributed by atoms with Crippen LogP contribution in [0.3, 0.4) is 0 Å². The van der Waals surface area contributed by atoms with E-state index < -0.39 is 51.2 Å². The molecule has 1 amide bonds. The van der Waals surface area contributed by atoms with E-state index in [4.69, 9.17) is 0 Å². The first-order chi connectivity index (χ1) is 16.1. The average molecular weight is 523 g/mol. The van der Waals surface area contributed by atoms with Gasteiger partial charge in [-0.25, -0.2) is 8.42 Å². The summed E-state index contributed by atoms with van der Waals surface area (Å²) in [5.74, 6) is -0.588. The van der Waals surface area contributed by atoms with E-state index in [2.05, 4.69) is 0 Å². The average Bonchev–Trinajstić information content (AvgIpc) is 2.98. The van der Waals surface area contributed by atoms with Gasteiger partial charge in [0.15, 0.2) is 9.84 Å². The van der Waals surface area contributed by atoms with E-state index in [1.54, 1.807) is 12.1 Å². The number of alkyl halides is 6. The van der Waals surface area contributed by atoms with E-state index in [0.717, 1.165) is 11.8 Å². The number of carbonyl (C=O) groups is 1. The first-order valence-electron chi connectivity index (χ1n) is 10.7. The SMILES string of the molecule is CS(=O)(=O)c1ccc(CN2CCCN(C(=O)Cc3ccc(C(F)(F)F)cc3C(F)(F)F)CC2)cc1. The van der Waals surface area contributed by atoms with Crippen LogP contribution in [0.4, 0.5) is 26.3 Å². The van der Waals surface area contributed by atoms with Gasteiger partial charge in [0.05, 0.1) is 22.4 Å². The standard InChI is InChI=1S/C23H24F6N2O3S/c1-35(33,34)19-7-3-16(4-8-19)15-30-9-2-10-31(12-11-30)21(32)13-17-5-6-18(22(24,25)26)14-20(17)23(27,28)29/h3-8,14H,2,9-13,15H2,1H3. The molecule has 0 atom stereocenters. The maximum Gasteiger partial charge on any atom is 0.416 e. The minimum Gasteiger partial charge on any atom is -0.341 e. The van der Waals surface area contributed by atoms with Crippen molar-refractivity contribution in [1.29, 1.82) is 0 Å². The molecule has 0 spiro atoms. The molecule has 1 aliphatic rings. The van der Waals surface area contributed by atoms with Gasteiger partial charge >= 0.3 is 12.4 Å². The lowest BCUT2D eigenvalue weighted by molar-refractivity contribution is -0.143. The zero-order chi connectivity index (χ0) is 26.0. The summed E-state index contributed by atoms with van der Waals surface area (Å²) in [5, 5.41) is 0. The highest BCUT2D eigenvalue weighted by Crippen LogP contribution is 2.37. The van der Waals surface area contributed by atoms with Crippen molar-refractivity contribution in [3.63, 3.8) is 0 Å². The number of hydrogen-bond acceptors (Lipinski definition) is 4. The Morgan fingerprint density at radius 3 is 2.11 bits per heavy atom. The molecule has 0 aliphatic carbocycles. The molecule has 0 bridgehead atoms. The zero-order valence-corrected chi connectivity index (χ0v) is 19.6. The maximum absolute atomic E-state index is 13.4.